The predicted octanol–water partition coefficient (Wildman–Crippen LogP) is 2.56. The average Bonchev–Trinajstić information content (AvgIpc) is 2.99. The highest BCUT2D eigenvalue weighted by molar-refractivity contribution is 5.94. The fourth-order valence-corrected chi connectivity index (χ4v) is 6.97. The lowest BCUT2D eigenvalue weighted by Crippen LogP contribution is -2.60. The molecule has 2 aromatic rings. The number of amides is 3. The van der Waals surface area contributed by atoms with Crippen molar-refractivity contribution in [3.05, 3.63) is 57.5 Å². The van der Waals surface area contributed by atoms with E-state index in [0.29, 0.717) is 68.9 Å². The number of piperidine rings is 2. The van der Waals surface area contributed by atoms with Gasteiger partial charge in [-0.05, 0) is 73.6 Å². The molecule has 5 rings (SSSR count). The number of rotatable bonds is 3. The SMILES string of the molecule is COc1cc2cc(c1OC)CCCNC(=O)CCC[C@H]1[C@H]3C[C@@H](CN(C(=O)c4ccc(=O)n(C)c4)C3)CN1C(=O)CC2. The van der Waals surface area contributed by atoms with E-state index < -0.39 is 0 Å². The Hall–Kier alpha value is -3.82. The van der Waals surface area contributed by atoms with E-state index in [2.05, 4.69) is 11.4 Å². The molecule has 0 radical (unpaired) electrons. The maximum Gasteiger partial charge on any atom is 0.255 e. The minimum absolute atomic E-state index is 0.0158. The van der Waals surface area contributed by atoms with Crippen molar-refractivity contribution in [1.29, 1.82) is 0 Å². The molecule has 42 heavy (non-hydrogen) atoms. The molecule has 3 atom stereocenters. The molecular weight excluding hydrogens is 536 g/mol. The van der Waals surface area contributed by atoms with Crippen molar-refractivity contribution in [3.63, 3.8) is 0 Å². The first-order valence-corrected chi connectivity index (χ1v) is 15.0. The molecule has 3 aliphatic rings. The summed E-state index contributed by atoms with van der Waals surface area (Å²) in [5.41, 5.74) is 2.37. The third-order valence-electron chi connectivity index (χ3n) is 9.00. The number of methoxy groups -OCH3 is 2. The zero-order valence-corrected chi connectivity index (χ0v) is 24.9. The second-order valence-electron chi connectivity index (χ2n) is 11.9. The normalized spacial score (nSPS) is 23.5. The first-order valence-electron chi connectivity index (χ1n) is 15.0. The fraction of sp³-hybridized carbons (Fsp3) is 0.562. The molecule has 0 saturated carbocycles. The van der Waals surface area contributed by atoms with Crippen LogP contribution in [-0.2, 0) is 29.5 Å². The number of carbonyl (C=O) groups excluding carboxylic acids is 3. The highest BCUT2D eigenvalue weighted by atomic mass is 16.5. The second-order valence-corrected chi connectivity index (χ2v) is 11.9. The molecule has 2 fully saturated rings. The van der Waals surface area contributed by atoms with E-state index >= 15 is 0 Å². The van der Waals surface area contributed by atoms with Crippen molar-refractivity contribution in [1.82, 2.24) is 19.7 Å². The molecule has 0 unspecified atom stereocenters. The Bertz CT molecular complexity index is 1390. The molecular formula is C32H42N4O6. The summed E-state index contributed by atoms with van der Waals surface area (Å²) in [5, 5.41) is 3.04. The summed E-state index contributed by atoms with van der Waals surface area (Å²) in [7, 11) is 4.89. The maximum atomic E-state index is 13.8. The molecule has 2 saturated heterocycles. The van der Waals surface area contributed by atoms with Crippen molar-refractivity contribution >= 4 is 17.7 Å². The molecule has 10 nitrogen and oxygen atoms in total. The van der Waals surface area contributed by atoms with Crippen LogP contribution in [0.2, 0.25) is 0 Å². The van der Waals surface area contributed by atoms with Crippen LogP contribution in [0.4, 0.5) is 0 Å². The summed E-state index contributed by atoms with van der Waals surface area (Å²) in [5.74, 6) is 1.70. The Labute approximate surface area is 247 Å². The summed E-state index contributed by atoms with van der Waals surface area (Å²) in [4.78, 5) is 55.7. The molecule has 0 spiro atoms. The van der Waals surface area contributed by atoms with E-state index in [1.807, 2.05) is 15.9 Å². The molecule has 3 aliphatic heterocycles. The number of hydrogen-bond acceptors (Lipinski definition) is 6. The summed E-state index contributed by atoms with van der Waals surface area (Å²) >= 11 is 0. The largest absolute Gasteiger partial charge is 0.493 e. The van der Waals surface area contributed by atoms with Crippen LogP contribution in [0.1, 0.15) is 60.0 Å². The van der Waals surface area contributed by atoms with E-state index in [1.54, 1.807) is 33.5 Å². The van der Waals surface area contributed by atoms with Crippen molar-refractivity contribution in [2.45, 2.75) is 57.4 Å². The van der Waals surface area contributed by atoms with Crippen LogP contribution in [0.25, 0.3) is 0 Å². The molecule has 1 aromatic carbocycles. The minimum atomic E-state index is -0.157. The number of benzene rings is 1. The fourth-order valence-electron chi connectivity index (χ4n) is 6.97. The second kappa shape index (κ2) is 13.0. The lowest BCUT2D eigenvalue weighted by atomic mass is 9.77. The molecule has 4 bridgehead atoms. The Morgan fingerprint density at radius 3 is 2.55 bits per heavy atom. The Morgan fingerprint density at radius 2 is 1.79 bits per heavy atom. The van der Waals surface area contributed by atoms with Crippen LogP contribution in [0.15, 0.2) is 35.3 Å². The summed E-state index contributed by atoms with van der Waals surface area (Å²) < 4.78 is 12.7. The van der Waals surface area contributed by atoms with Crippen LogP contribution in [0.3, 0.4) is 0 Å². The van der Waals surface area contributed by atoms with Crippen LogP contribution in [0, 0.1) is 11.8 Å². The lowest BCUT2D eigenvalue weighted by molar-refractivity contribution is -0.140. The molecule has 226 valence electrons. The van der Waals surface area contributed by atoms with Crippen LogP contribution < -0.4 is 20.3 Å². The number of aromatic nitrogens is 1. The van der Waals surface area contributed by atoms with Gasteiger partial charge in [0.25, 0.3) is 5.91 Å². The van der Waals surface area contributed by atoms with Gasteiger partial charge >= 0.3 is 0 Å². The van der Waals surface area contributed by atoms with Gasteiger partial charge in [-0.15, -0.1) is 0 Å². The molecule has 1 N–H and O–H groups in total. The van der Waals surface area contributed by atoms with Gasteiger partial charge in [-0.1, -0.05) is 6.07 Å². The summed E-state index contributed by atoms with van der Waals surface area (Å²) in [6, 6.07) is 7.02. The third kappa shape index (κ3) is 6.47. The molecule has 3 amide bonds. The Morgan fingerprint density at radius 1 is 0.952 bits per heavy atom. The highest BCUT2D eigenvalue weighted by Crippen LogP contribution is 2.37. The number of nitrogens with one attached hydrogen (secondary N) is 1. The number of ether oxygens (including phenoxy) is 2. The van der Waals surface area contributed by atoms with Gasteiger partial charge in [0.05, 0.1) is 19.8 Å². The van der Waals surface area contributed by atoms with Crippen molar-refractivity contribution in [2.24, 2.45) is 18.9 Å². The van der Waals surface area contributed by atoms with Gasteiger partial charge in [0.15, 0.2) is 11.5 Å². The molecule has 0 aliphatic carbocycles. The molecule has 4 heterocycles. The van der Waals surface area contributed by atoms with Gasteiger partial charge in [0.1, 0.15) is 0 Å². The Kier molecular flexibility index (Phi) is 9.18. The standard InChI is InChI=1S/C32H42N4O6/c1-34-19-24(10-12-29(34)38)32(40)35-17-22-15-25(20-35)26-7-4-8-28(37)33-13-5-6-23-14-21(9-11-30(39)36(26)18-22)16-27(41-2)31(23)42-3/h10,12,14,16,19,22,25-26H,4-9,11,13,15,17-18,20H2,1-3H3,(H,33,37)/t22-,25-,26-/m0/s1. The van der Waals surface area contributed by atoms with E-state index in [-0.39, 0.29) is 41.2 Å². The number of nitrogens with zero attached hydrogens (tertiary/aromatic N) is 3. The zero-order valence-electron chi connectivity index (χ0n) is 24.9. The monoisotopic (exact) mass is 578 g/mol. The third-order valence-corrected chi connectivity index (χ3v) is 9.00. The van der Waals surface area contributed by atoms with E-state index in [4.69, 9.17) is 9.47 Å². The quantitative estimate of drug-likeness (QED) is 0.600. The summed E-state index contributed by atoms with van der Waals surface area (Å²) in [6.07, 6.45) is 6.83. The van der Waals surface area contributed by atoms with Crippen LogP contribution >= 0.6 is 0 Å². The van der Waals surface area contributed by atoms with Crippen LogP contribution in [0.5, 0.6) is 11.5 Å². The maximum absolute atomic E-state index is 13.8. The van der Waals surface area contributed by atoms with Gasteiger partial charge in [-0.25, -0.2) is 0 Å². The van der Waals surface area contributed by atoms with E-state index in [0.717, 1.165) is 36.8 Å². The number of pyridine rings is 1. The molecule has 10 heteroatoms. The number of carbonyl (C=O) groups is 3. The Balaban J connectivity index is 1.37. The van der Waals surface area contributed by atoms with Gasteiger partial charge in [0, 0.05) is 64.4 Å². The van der Waals surface area contributed by atoms with Gasteiger partial charge in [-0.3, -0.25) is 19.2 Å². The first kappa shape index (κ1) is 29.7. The number of likely N-dealkylation sites (tertiary alicyclic amines) is 1. The lowest BCUT2D eigenvalue weighted by Gasteiger charge is -2.51. The zero-order chi connectivity index (χ0) is 29.8. The predicted molar refractivity (Wildman–Crippen MR) is 158 cm³/mol. The van der Waals surface area contributed by atoms with Crippen molar-refractivity contribution in [3.8, 4) is 11.5 Å². The minimum Gasteiger partial charge on any atom is -0.493 e. The van der Waals surface area contributed by atoms with Gasteiger partial charge in [-0.2, -0.15) is 0 Å². The molecule has 1 aromatic heterocycles. The topological polar surface area (TPSA) is 110 Å². The number of hydrogen-bond donors (Lipinski definition) is 1. The highest BCUT2D eigenvalue weighted by Gasteiger charge is 2.43. The number of fused-ring (bicyclic) bond motifs is 6. The summed E-state index contributed by atoms with van der Waals surface area (Å²) in [6.45, 7) is 2.31. The van der Waals surface area contributed by atoms with Crippen molar-refractivity contribution < 1.29 is 23.9 Å². The van der Waals surface area contributed by atoms with Crippen LogP contribution in [-0.4, -0.2) is 78.5 Å². The first-order chi connectivity index (χ1) is 20.3. The number of aryl methyl sites for hydroxylation is 3. The smallest absolute Gasteiger partial charge is 0.255 e. The average molecular weight is 579 g/mol. The van der Waals surface area contributed by atoms with Gasteiger partial charge in [0.2, 0.25) is 17.4 Å². The van der Waals surface area contributed by atoms with Crippen molar-refractivity contribution in [2.75, 3.05) is 40.4 Å². The van der Waals surface area contributed by atoms with E-state index in [1.165, 1.54) is 10.6 Å². The van der Waals surface area contributed by atoms with Gasteiger partial charge < -0.3 is 29.2 Å². The van der Waals surface area contributed by atoms with E-state index in [9.17, 15) is 19.2 Å².